The number of rotatable bonds is 53. The lowest BCUT2D eigenvalue weighted by molar-refractivity contribution is -0.162. The van der Waals surface area contributed by atoms with Gasteiger partial charge in [0, 0.05) is 19.4 Å². The van der Waals surface area contributed by atoms with Crippen molar-refractivity contribution < 1.29 is 23.8 Å². The maximum atomic E-state index is 12.9. The van der Waals surface area contributed by atoms with Crippen LogP contribution in [-0.2, 0) is 23.8 Å². The smallest absolute Gasteiger partial charge is 0.306 e. The van der Waals surface area contributed by atoms with Gasteiger partial charge in [0.15, 0.2) is 6.10 Å². The summed E-state index contributed by atoms with van der Waals surface area (Å²) in [6.45, 7) is 7.60. The number of allylic oxidation sites excluding steroid dienone is 18. The Hall–Kier alpha value is -3.44. The molecule has 0 aromatic rings. The molecule has 1 atom stereocenters. The highest BCUT2D eigenvalue weighted by Crippen LogP contribution is 2.14. The number of carbonyl (C=O) groups is 2. The van der Waals surface area contributed by atoms with E-state index in [4.69, 9.17) is 14.2 Å². The second-order valence-corrected chi connectivity index (χ2v) is 19.2. The van der Waals surface area contributed by atoms with Crippen molar-refractivity contribution in [1.82, 2.24) is 0 Å². The van der Waals surface area contributed by atoms with Gasteiger partial charge in [0.2, 0.25) is 0 Å². The average molecular weight is 972 g/mol. The Morgan fingerprint density at radius 1 is 0.329 bits per heavy atom. The van der Waals surface area contributed by atoms with Crippen LogP contribution in [0.25, 0.3) is 0 Å². The Morgan fingerprint density at radius 3 is 1.13 bits per heavy atom. The van der Waals surface area contributed by atoms with Crippen molar-refractivity contribution in [2.45, 2.75) is 271 Å². The van der Waals surface area contributed by atoms with Crippen molar-refractivity contribution in [2.75, 3.05) is 19.8 Å². The maximum absolute atomic E-state index is 12.9. The summed E-state index contributed by atoms with van der Waals surface area (Å²) in [6.07, 6.45) is 82.6. The highest BCUT2D eigenvalue weighted by atomic mass is 16.6. The van der Waals surface area contributed by atoms with Crippen molar-refractivity contribution in [3.8, 4) is 0 Å². The third-order valence-corrected chi connectivity index (χ3v) is 12.3. The molecule has 1 unspecified atom stereocenters. The first-order valence-electron chi connectivity index (χ1n) is 29.4. The summed E-state index contributed by atoms with van der Waals surface area (Å²) >= 11 is 0. The first kappa shape index (κ1) is 66.6. The molecular weight excluding hydrogens is 861 g/mol. The van der Waals surface area contributed by atoms with Gasteiger partial charge in [0.05, 0.1) is 6.61 Å². The molecule has 0 rings (SSSR count). The molecule has 0 aliphatic carbocycles. The molecule has 5 heteroatoms. The van der Waals surface area contributed by atoms with E-state index >= 15 is 0 Å². The van der Waals surface area contributed by atoms with E-state index in [0.29, 0.717) is 25.9 Å². The largest absolute Gasteiger partial charge is 0.462 e. The van der Waals surface area contributed by atoms with Crippen molar-refractivity contribution >= 4 is 11.9 Å². The van der Waals surface area contributed by atoms with Gasteiger partial charge in [-0.1, -0.05) is 246 Å². The molecule has 0 fully saturated rings. The third kappa shape index (κ3) is 57.1. The Kier molecular flexibility index (Phi) is 56.9. The normalized spacial score (nSPS) is 13.0. The van der Waals surface area contributed by atoms with Crippen LogP contribution in [0.5, 0.6) is 0 Å². The van der Waals surface area contributed by atoms with Crippen LogP contribution in [0.4, 0.5) is 0 Å². The minimum absolute atomic E-state index is 0.0363. The van der Waals surface area contributed by atoms with Crippen LogP contribution in [-0.4, -0.2) is 37.9 Å². The minimum atomic E-state index is -0.580. The van der Waals surface area contributed by atoms with Crippen LogP contribution in [0.2, 0.25) is 0 Å². The fourth-order valence-electron chi connectivity index (χ4n) is 7.91. The fraction of sp³-hybridized carbons (Fsp3) is 0.692. The minimum Gasteiger partial charge on any atom is -0.462 e. The van der Waals surface area contributed by atoms with Crippen LogP contribution >= 0.6 is 0 Å². The Labute approximate surface area is 434 Å². The van der Waals surface area contributed by atoms with Gasteiger partial charge in [-0.25, -0.2) is 0 Å². The third-order valence-electron chi connectivity index (χ3n) is 12.3. The second kappa shape index (κ2) is 59.9. The predicted octanol–water partition coefficient (Wildman–Crippen LogP) is 20.3. The first-order valence-corrected chi connectivity index (χ1v) is 29.4. The summed E-state index contributed by atoms with van der Waals surface area (Å²) in [7, 11) is 0. The van der Waals surface area contributed by atoms with E-state index < -0.39 is 6.10 Å². The van der Waals surface area contributed by atoms with Gasteiger partial charge in [-0.15, -0.1) is 0 Å². The van der Waals surface area contributed by atoms with Gasteiger partial charge in [-0.3, -0.25) is 9.59 Å². The van der Waals surface area contributed by atoms with Crippen molar-refractivity contribution in [2.24, 2.45) is 0 Å². The van der Waals surface area contributed by atoms with Gasteiger partial charge >= 0.3 is 11.9 Å². The molecule has 0 N–H and O–H groups in total. The Balaban J connectivity index is 4.41. The molecule has 0 bridgehead atoms. The SMILES string of the molecule is CC/C=C\C/C=C\C/C=C\C/C=C\C/C=C\C/C=C\CCC(=O)OCC(COCCCCCCCC/C=C\CCCCCCCC)OC(=O)CCCCCCCCCCC/C=C\C/C=C\CCCCC. The van der Waals surface area contributed by atoms with Gasteiger partial charge in [0.25, 0.3) is 0 Å². The molecule has 0 amide bonds. The number of hydrogen-bond acceptors (Lipinski definition) is 5. The molecular formula is C65H110O5. The Bertz CT molecular complexity index is 1380. The molecule has 400 valence electrons. The molecule has 0 aliphatic heterocycles. The summed E-state index contributed by atoms with van der Waals surface area (Å²) in [5, 5.41) is 0. The number of unbranched alkanes of at least 4 members (excludes halogenated alkanes) is 24. The second-order valence-electron chi connectivity index (χ2n) is 19.2. The van der Waals surface area contributed by atoms with Crippen molar-refractivity contribution in [1.29, 1.82) is 0 Å². The summed E-state index contributed by atoms with van der Waals surface area (Å²) in [4.78, 5) is 25.5. The predicted molar refractivity (Wildman–Crippen MR) is 306 cm³/mol. The molecule has 0 aromatic carbocycles. The molecule has 0 aliphatic rings. The standard InChI is InChI=1S/C65H110O5/c1-4-7-10-13-16-19-22-25-28-31-33-35-37-40-43-46-49-52-55-58-64(66)69-62-63(61-68-60-57-54-51-48-45-42-39-30-27-24-21-18-15-12-9-6-3)70-65(67)59-56-53-50-47-44-41-38-36-34-32-29-26-23-20-17-14-11-8-5-2/h7,10,16-17,19-20,25-30,33,35,40,43,49,52,63H,4-6,8-9,11-15,18,21-24,31-32,34,36-39,41-42,44-48,50-51,53-62H2,1-3H3/b10-7-,19-16-,20-17-,28-25-,29-26-,30-27-,35-33-,43-40-,52-49-. The number of hydrogen-bond donors (Lipinski definition) is 0. The topological polar surface area (TPSA) is 61.8 Å². The van der Waals surface area contributed by atoms with Crippen molar-refractivity contribution in [3.63, 3.8) is 0 Å². The van der Waals surface area contributed by atoms with Gasteiger partial charge in [-0.05, 0) is 116 Å². The highest BCUT2D eigenvalue weighted by molar-refractivity contribution is 5.70. The molecule has 0 spiro atoms. The lowest BCUT2D eigenvalue weighted by atomic mass is 10.1. The lowest BCUT2D eigenvalue weighted by Gasteiger charge is -2.18. The molecule has 70 heavy (non-hydrogen) atoms. The maximum Gasteiger partial charge on any atom is 0.306 e. The van der Waals surface area contributed by atoms with Crippen molar-refractivity contribution in [3.05, 3.63) is 109 Å². The van der Waals surface area contributed by atoms with E-state index in [2.05, 4.69) is 124 Å². The van der Waals surface area contributed by atoms with Gasteiger partial charge in [-0.2, -0.15) is 0 Å². The highest BCUT2D eigenvalue weighted by Gasteiger charge is 2.17. The van der Waals surface area contributed by atoms with E-state index in [1.165, 1.54) is 148 Å². The Morgan fingerprint density at radius 2 is 0.671 bits per heavy atom. The molecule has 0 aromatic heterocycles. The van der Waals surface area contributed by atoms with Gasteiger partial charge in [0.1, 0.15) is 6.61 Å². The monoisotopic (exact) mass is 971 g/mol. The van der Waals surface area contributed by atoms with E-state index in [1.807, 2.05) is 6.08 Å². The van der Waals surface area contributed by atoms with E-state index in [0.717, 1.165) is 77.0 Å². The van der Waals surface area contributed by atoms with Crippen LogP contribution in [0.3, 0.4) is 0 Å². The van der Waals surface area contributed by atoms with E-state index in [9.17, 15) is 9.59 Å². The fourth-order valence-corrected chi connectivity index (χ4v) is 7.91. The summed E-state index contributed by atoms with van der Waals surface area (Å²) in [5.74, 6) is -0.501. The zero-order valence-electron chi connectivity index (χ0n) is 46.0. The zero-order chi connectivity index (χ0) is 50.6. The van der Waals surface area contributed by atoms with Gasteiger partial charge < -0.3 is 14.2 Å². The van der Waals surface area contributed by atoms with Crippen LogP contribution in [0.1, 0.15) is 265 Å². The van der Waals surface area contributed by atoms with Crippen LogP contribution < -0.4 is 0 Å². The van der Waals surface area contributed by atoms with E-state index in [1.54, 1.807) is 0 Å². The summed E-state index contributed by atoms with van der Waals surface area (Å²) < 4.78 is 17.4. The number of ether oxygens (including phenoxy) is 3. The number of carbonyl (C=O) groups excluding carboxylic acids is 2. The van der Waals surface area contributed by atoms with E-state index in [-0.39, 0.29) is 25.2 Å². The lowest BCUT2D eigenvalue weighted by Crippen LogP contribution is -2.30. The first-order chi connectivity index (χ1) is 34.6. The molecule has 0 radical (unpaired) electrons. The quantitative estimate of drug-likeness (QED) is 0.0345. The zero-order valence-corrected chi connectivity index (χ0v) is 46.0. The summed E-state index contributed by atoms with van der Waals surface area (Å²) in [6, 6.07) is 0. The van der Waals surface area contributed by atoms with Crippen LogP contribution in [0.15, 0.2) is 109 Å². The van der Waals surface area contributed by atoms with Crippen LogP contribution in [0, 0.1) is 0 Å². The molecule has 0 saturated heterocycles. The molecule has 0 saturated carbocycles. The summed E-state index contributed by atoms with van der Waals surface area (Å²) in [5.41, 5.74) is 0. The average Bonchev–Trinajstić information content (AvgIpc) is 3.36. The molecule has 0 heterocycles. The number of esters is 2. The molecule has 5 nitrogen and oxygen atoms in total.